The molecule has 0 aliphatic carbocycles. The number of carbonyl (C=O) groups is 3. The van der Waals surface area contributed by atoms with Crippen molar-refractivity contribution in [2.45, 2.75) is 25.8 Å². The van der Waals surface area contributed by atoms with E-state index in [-0.39, 0.29) is 0 Å². The largest absolute Gasteiger partial charge is 0.480 e. The minimum Gasteiger partial charge on any atom is -0.480 e. The second kappa shape index (κ2) is 7.13. The summed E-state index contributed by atoms with van der Waals surface area (Å²) in [5.41, 5.74) is 6.57. The number of aliphatic carboxylic acids is 1. The van der Waals surface area contributed by atoms with E-state index in [9.17, 15) is 14.4 Å². The lowest BCUT2D eigenvalue weighted by atomic mass is 10.1. The summed E-state index contributed by atoms with van der Waals surface area (Å²) in [6, 6.07) is 5.08. The van der Waals surface area contributed by atoms with Gasteiger partial charge in [-0.2, -0.15) is 0 Å². The monoisotopic (exact) mass is 279 g/mol. The molecule has 0 fully saturated rings. The molecule has 1 atom stereocenters. The van der Waals surface area contributed by atoms with E-state index in [0.29, 0.717) is 5.69 Å². The lowest BCUT2D eigenvalue weighted by molar-refractivity contribution is -0.140. The van der Waals surface area contributed by atoms with Crippen LogP contribution >= 0.6 is 0 Å². The number of primary amides is 1. The molecule has 108 valence electrons. The fourth-order valence-electron chi connectivity index (χ4n) is 1.55. The van der Waals surface area contributed by atoms with Gasteiger partial charge in [0.25, 0.3) is 0 Å². The van der Waals surface area contributed by atoms with Gasteiger partial charge in [-0.3, -0.25) is 4.79 Å². The number of aryl methyl sites for hydroxylation is 1. The summed E-state index contributed by atoms with van der Waals surface area (Å²) in [7, 11) is 0. The Labute approximate surface area is 116 Å². The molecule has 7 heteroatoms. The number of anilines is 1. The average Bonchev–Trinajstić information content (AvgIpc) is 2.38. The molecular formula is C13H17N3O4. The number of hydrogen-bond acceptors (Lipinski definition) is 3. The van der Waals surface area contributed by atoms with Crippen LogP contribution in [0.4, 0.5) is 10.5 Å². The molecule has 0 saturated carbocycles. The lowest BCUT2D eigenvalue weighted by Gasteiger charge is -2.13. The number of hydrogen-bond donors (Lipinski definition) is 4. The van der Waals surface area contributed by atoms with E-state index in [0.717, 1.165) is 12.0 Å². The minimum absolute atomic E-state index is 0.461. The second-order valence-electron chi connectivity index (χ2n) is 4.21. The number of nitrogens with two attached hydrogens (primary N) is 1. The zero-order valence-electron chi connectivity index (χ0n) is 11.1. The average molecular weight is 279 g/mol. The summed E-state index contributed by atoms with van der Waals surface area (Å²) < 4.78 is 0. The van der Waals surface area contributed by atoms with Crippen molar-refractivity contribution in [1.29, 1.82) is 0 Å². The Kier molecular flexibility index (Phi) is 5.52. The standard InChI is InChI=1S/C13H17N3O4/c1-2-8-3-5-9(6-4-8)15-13(20)16-10(12(18)19)7-11(14)17/h3-6,10H,2,7H2,1H3,(H2,14,17)(H,18,19)(H2,15,16,20)/t10-/m0/s1. The summed E-state index contributed by atoms with van der Waals surface area (Å²) in [5, 5.41) is 13.5. The summed E-state index contributed by atoms with van der Waals surface area (Å²) in [5.74, 6) is -2.12. The highest BCUT2D eigenvalue weighted by molar-refractivity contribution is 5.93. The molecule has 0 radical (unpaired) electrons. The molecule has 0 aliphatic rings. The fourth-order valence-corrected chi connectivity index (χ4v) is 1.55. The lowest BCUT2D eigenvalue weighted by Crippen LogP contribution is -2.45. The molecule has 0 bridgehead atoms. The first-order valence-electron chi connectivity index (χ1n) is 6.10. The smallest absolute Gasteiger partial charge is 0.326 e. The molecule has 20 heavy (non-hydrogen) atoms. The normalized spacial score (nSPS) is 11.4. The van der Waals surface area contributed by atoms with E-state index in [4.69, 9.17) is 10.8 Å². The molecule has 0 saturated heterocycles. The SMILES string of the molecule is CCc1ccc(NC(=O)N[C@@H](CC(N)=O)C(=O)O)cc1. The van der Waals surface area contributed by atoms with Crippen molar-refractivity contribution < 1.29 is 19.5 Å². The number of rotatable bonds is 6. The van der Waals surface area contributed by atoms with Crippen LogP contribution in [0.2, 0.25) is 0 Å². The van der Waals surface area contributed by atoms with Crippen molar-refractivity contribution in [2.24, 2.45) is 5.73 Å². The predicted octanol–water partition coefficient (Wildman–Crippen LogP) is 0.699. The van der Waals surface area contributed by atoms with Crippen LogP contribution < -0.4 is 16.4 Å². The van der Waals surface area contributed by atoms with Gasteiger partial charge in [0.15, 0.2) is 0 Å². The molecule has 0 spiro atoms. The van der Waals surface area contributed by atoms with Crippen molar-refractivity contribution >= 4 is 23.6 Å². The van der Waals surface area contributed by atoms with E-state index >= 15 is 0 Å². The van der Waals surface area contributed by atoms with E-state index in [2.05, 4.69) is 10.6 Å². The Hall–Kier alpha value is -2.57. The van der Waals surface area contributed by atoms with Crippen LogP contribution in [-0.2, 0) is 16.0 Å². The highest BCUT2D eigenvalue weighted by Crippen LogP contribution is 2.09. The van der Waals surface area contributed by atoms with Crippen LogP contribution in [0.1, 0.15) is 18.9 Å². The summed E-state index contributed by atoms with van der Waals surface area (Å²) in [6.45, 7) is 2.01. The maximum absolute atomic E-state index is 11.6. The Morgan fingerprint density at radius 2 is 1.85 bits per heavy atom. The first-order valence-corrected chi connectivity index (χ1v) is 6.10. The van der Waals surface area contributed by atoms with Gasteiger partial charge in [-0.05, 0) is 24.1 Å². The third-order valence-electron chi connectivity index (χ3n) is 2.63. The zero-order valence-corrected chi connectivity index (χ0v) is 11.1. The van der Waals surface area contributed by atoms with Crippen molar-refractivity contribution in [3.05, 3.63) is 29.8 Å². The number of amides is 3. The highest BCUT2D eigenvalue weighted by atomic mass is 16.4. The van der Waals surface area contributed by atoms with Crippen molar-refractivity contribution in [1.82, 2.24) is 5.32 Å². The summed E-state index contributed by atoms with van der Waals surface area (Å²) >= 11 is 0. The number of carboxylic acids is 1. The quantitative estimate of drug-likeness (QED) is 0.612. The molecule has 1 rings (SSSR count). The maximum Gasteiger partial charge on any atom is 0.326 e. The molecule has 1 aromatic carbocycles. The molecule has 7 nitrogen and oxygen atoms in total. The van der Waals surface area contributed by atoms with Crippen LogP contribution in [0.3, 0.4) is 0 Å². The predicted molar refractivity (Wildman–Crippen MR) is 73.2 cm³/mol. The van der Waals surface area contributed by atoms with Crippen LogP contribution in [0.5, 0.6) is 0 Å². The van der Waals surface area contributed by atoms with Gasteiger partial charge in [0.1, 0.15) is 6.04 Å². The van der Waals surface area contributed by atoms with E-state index in [1.54, 1.807) is 12.1 Å². The molecule has 5 N–H and O–H groups in total. The Bertz CT molecular complexity index is 499. The van der Waals surface area contributed by atoms with Gasteiger partial charge in [0, 0.05) is 5.69 Å². The van der Waals surface area contributed by atoms with E-state index < -0.39 is 30.4 Å². The maximum atomic E-state index is 11.6. The van der Waals surface area contributed by atoms with Crippen LogP contribution in [0.25, 0.3) is 0 Å². The van der Waals surface area contributed by atoms with E-state index in [1.807, 2.05) is 19.1 Å². The second-order valence-corrected chi connectivity index (χ2v) is 4.21. The van der Waals surface area contributed by atoms with Gasteiger partial charge < -0.3 is 21.5 Å². The van der Waals surface area contributed by atoms with Gasteiger partial charge in [0.05, 0.1) is 6.42 Å². The summed E-state index contributed by atoms with van der Waals surface area (Å²) in [4.78, 5) is 33.2. The number of carbonyl (C=O) groups excluding carboxylic acids is 2. The highest BCUT2D eigenvalue weighted by Gasteiger charge is 2.21. The van der Waals surface area contributed by atoms with Gasteiger partial charge in [-0.15, -0.1) is 0 Å². The minimum atomic E-state index is -1.34. The number of carboxylic acid groups (broad SMARTS) is 1. The van der Waals surface area contributed by atoms with Crippen LogP contribution in [-0.4, -0.2) is 29.1 Å². The van der Waals surface area contributed by atoms with Crippen LogP contribution in [0, 0.1) is 0 Å². The molecule has 0 unspecified atom stereocenters. The molecule has 3 amide bonds. The Morgan fingerprint density at radius 3 is 2.30 bits per heavy atom. The third kappa shape index (κ3) is 4.97. The molecular weight excluding hydrogens is 262 g/mol. The van der Waals surface area contributed by atoms with Gasteiger partial charge >= 0.3 is 12.0 Å². The molecule has 0 aliphatic heterocycles. The first kappa shape index (κ1) is 15.5. The first-order chi connectivity index (χ1) is 9.42. The van der Waals surface area contributed by atoms with Crippen LogP contribution in [0.15, 0.2) is 24.3 Å². The van der Waals surface area contributed by atoms with E-state index in [1.165, 1.54) is 0 Å². The van der Waals surface area contributed by atoms with Gasteiger partial charge in [-0.1, -0.05) is 19.1 Å². The third-order valence-corrected chi connectivity index (χ3v) is 2.63. The molecule has 1 aromatic rings. The number of nitrogens with one attached hydrogen (secondary N) is 2. The zero-order chi connectivity index (χ0) is 15.1. The van der Waals surface area contributed by atoms with Crippen molar-refractivity contribution in [3.63, 3.8) is 0 Å². The summed E-state index contributed by atoms with van der Waals surface area (Å²) in [6.07, 6.45) is 0.420. The Morgan fingerprint density at radius 1 is 1.25 bits per heavy atom. The number of benzene rings is 1. The molecule has 0 heterocycles. The molecule has 0 aromatic heterocycles. The topological polar surface area (TPSA) is 122 Å². The fraction of sp³-hybridized carbons (Fsp3) is 0.308. The van der Waals surface area contributed by atoms with Gasteiger partial charge in [0.2, 0.25) is 5.91 Å². The van der Waals surface area contributed by atoms with Crippen molar-refractivity contribution in [3.8, 4) is 0 Å². The number of urea groups is 1. The van der Waals surface area contributed by atoms with Crippen molar-refractivity contribution in [2.75, 3.05) is 5.32 Å². The Balaban J connectivity index is 2.60. The van der Waals surface area contributed by atoms with Gasteiger partial charge in [-0.25, -0.2) is 9.59 Å².